The van der Waals surface area contributed by atoms with Crippen molar-refractivity contribution in [3.63, 3.8) is 0 Å². The molecule has 1 fully saturated rings. The Bertz CT molecular complexity index is 727. The molecular weight excluding hydrogens is 342 g/mol. The van der Waals surface area contributed by atoms with Crippen LogP contribution in [-0.2, 0) is 22.4 Å². The third-order valence-electron chi connectivity index (χ3n) is 4.31. The van der Waals surface area contributed by atoms with Crippen molar-refractivity contribution >= 4 is 34.2 Å². The number of Topliss-reactive ketones (excluding diaryl/α,β-unsaturated/α-hetero) is 1. The fourth-order valence-corrected chi connectivity index (χ4v) is 4.41. The summed E-state index contributed by atoms with van der Waals surface area (Å²) in [6, 6.07) is 0. The van der Waals surface area contributed by atoms with Gasteiger partial charge in [0.2, 0.25) is 0 Å². The number of ether oxygens (including phenoxy) is 1. The standard InChI is InChI=1S/C18H23NO5S/c1-18(2,3)24-17(23)19-8-4-5-11-14(16(21)22)13(25-15(11)19)9-12(20)10-6-7-10/h10H,4-9H2,1-3H3,(H,21,22). The first-order valence-corrected chi connectivity index (χ1v) is 9.40. The topological polar surface area (TPSA) is 83.9 Å². The van der Waals surface area contributed by atoms with Crippen molar-refractivity contribution in [1.82, 2.24) is 0 Å². The first-order valence-electron chi connectivity index (χ1n) is 8.58. The Kier molecular flexibility index (Phi) is 4.62. The molecule has 136 valence electrons. The van der Waals surface area contributed by atoms with Crippen LogP contribution in [0.15, 0.2) is 0 Å². The van der Waals surface area contributed by atoms with Gasteiger partial charge in [-0.05, 0) is 46.5 Å². The second-order valence-corrected chi connectivity index (χ2v) is 8.73. The van der Waals surface area contributed by atoms with Gasteiger partial charge in [0.15, 0.2) is 0 Å². The predicted octanol–water partition coefficient (Wildman–Crippen LogP) is 3.66. The molecule has 0 bridgehead atoms. The van der Waals surface area contributed by atoms with Gasteiger partial charge in [0.25, 0.3) is 0 Å². The Hall–Kier alpha value is -1.89. The van der Waals surface area contributed by atoms with Gasteiger partial charge in [-0.1, -0.05) is 0 Å². The second kappa shape index (κ2) is 6.44. The molecular formula is C18H23NO5S. The van der Waals surface area contributed by atoms with E-state index in [4.69, 9.17) is 4.74 Å². The molecule has 1 N–H and O–H groups in total. The van der Waals surface area contributed by atoms with E-state index in [1.807, 2.05) is 0 Å². The van der Waals surface area contributed by atoms with Crippen LogP contribution in [-0.4, -0.2) is 35.1 Å². The van der Waals surface area contributed by atoms with Gasteiger partial charge >= 0.3 is 12.1 Å². The van der Waals surface area contributed by atoms with E-state index in [9.17, 15) is 19.5 Å². The zero-order valence-electron chi connectivity index (χ0n) is 14.8. The zero-order valence-corrected chi connectivity index (χ0v) is 15.6. The number of hydrogen-bond acceptors (Lipinski definition) is 5. The van der Waals surface area contributed by atoms with Crippen LogP contribution >= 0.6 is 11.3 Å². The summed E-state index contributed by atoms with van der Waals surface area (Å²) in [4.78, 5) is 38.5. The number of fused-ring (bicyclic) bond motifs is 1. The van der Waals surface area contributed by atoms with Gasteiger partial charge in [-0.3, -0.25) is 9.69 Å². The number of anilines is 1. The van der Waals surface area contributed by atoms with Crippen molar-refractivity contribution in [2.45, 2.75) is 58.5 Å². The number of carbonyl (C=O) groups excluding carboxylic acids is 2. The summed E-state index contributed by atoms with van der Waals surface area (Å²) in [5.74, 6) is -0.838. The summed E-state index contributed by atoms with van der Waals surface area (Å²) in [6.07, 6.45) is 2.76. The van der Waals surface area contributed by atoms with Gasteiger partial charge in [-0.15, -0.1) is 11.3 Å². The minimum Gasteiger partial charge on any atom is -0.478 e. The summed E-state index contributed by atoms with van der Waals surface area (Å²) in [6.45, 7) is 5.89. The van der Waals surface area contributed by atoms with Gasteiger partial charge in [-0.25, -0.2) is 9.59 Å². The van der Waals surface area contributed by atoms with Crippen LogP contribution < -0.4 is 4.90 Å². The highest BCUT2D eigenvalue weighted by Gasteiger charge is 2.36. The zero-order chi connectivity index (χ0) is 18.4. The van der Waals surface area contributed by atoms with Gasteiger partial charge in [0.05, 0.1) is 5.56 Å². The number of ketones is 1. The van der Waals surface area contributed by atoms with Gasteiger partial charge in [0.1, 0.15) is 16.4 Å². The van der Waals surface area contributed by atoms with Crippen molar-refractivity contribution in [1.29, 1.82) is 0 Å². The molecule has 0 spiro atoms. The van der Waals surface area contributed by atoms with Crippen LogP contribution in [0.4, 0.5) is 9.80 Å². The first kappa shape index (κ1) is 17.9. The highest BCUT2D eigenvalue weighted by Crippen LogP contribution is 2.42. The van der Waals surface area contributed by atoms with Crippen molar-refractivity contribution in [3.8, 4) is 0 Å². The average Bonchev–Trinajstić information content (AvgIpc) is 3.26. The third kappa shape index (κ3) is 3.86. The van der Waals surface area contributed by atoms with Crippen LogP contribution in [0.2, 0.25) is 0 Å². The lowest BCUT2D eigenvalue weighted by atomic mass is 10.00. The number of nitrogens with zero attached hydrogens (tertiary/aromatic N) is 1. The lowest BCUT2D eigenvalue weighted by Gasteiger charge is -2.29. The lowest BCUT2D eigenvalue weighted by molar-refractivity contribution is -0.119. The van der Waals surface area contributed by atoms with Crippen LogP contribution in [0, 0.1) is 5.92 Å². The quantitative estimate of drug-likeness (QED) is 0.880. The van der Waals surface area contributed by atoms with E-state index >= 15 is 0 Å². The molecule has 3 rings (SSSR count). The number of carboxylic acids is 1. The smallest absolute Gasteiger partial charge is 0.415 e. The number of amides is 1. The number of thiophene rings is 1. The molecule has 6 nitrogen and oxygen atoms in total. The lowest BCUT2D eigenvalue weighted by Crippen LogP contribution is -2.39. The van der Waals surface area contributed by atoms with Gasteiger partial charge in [-0.2, -0.15) is 0 Å². The Labute approximate surface area is 150 Å². The summed E-state index contributed by atoms with van der Waals surface area (Å²) in [5.41, 5.74) is 0.252. The van der Waals surface area contributed by atoms with Crippen LogP contribution in [0.25, 0.3) is 0 Å². The van der Waals surface area contributed by atoms with Gasteiger partial charge in [0, 0.05) is 29.3 Å². The number of carboxylic acid groups (broad SMARTS) is 1. The first-order chi connectivity index (χ1) is 11.7. The summed E-state index contributed by atoms with van der Waals surface area (Å²) >= 11 is 1.25. The summed E-state index contributed by atoms with van der Waals surface area (Å²) < 4.78 is 5.45. The molecule has 0 atom stereocenters. The molecule has 1 aliphatic heterocycles. The number of aromatic carboxylic acids is 1. The van der Waals surface area contributed by atoms with E-state index in [1.54, 1.807) is 20.8 Å². The fraction of sp³-hybridized carbons (Fsp3) is 0.611. The second-order valence-electron chi connectivity index (χ2n) is 7.64. The molecule has 1 aromatic rings. The maximum atomic E-state index is 12.5. The normalized spacial score (nSPS) is 17.2. The molecule has 7 heteroatoms. The van der Waals surface area contributed by atoms with E-state index in [0.717, 1.165) is 12.8 Å². The number of carbonyl (C=O) groups is 3. The molecule has 1 aliphatic carbocycles. The number of hydrogen-bond donors (Lipinski definition) is 1. The molecule has 0 aromatic carbocycles. The number of rotatable bonds is 4. The largest absolute Gasteiger partial charge is 0.478 e. The highest BCUT2D eigenvalue weighted by molar-refractivity contribution is 7.17. The Balaban J connectivity index is 1.94. The molecule has 0 radical (unpaired) electrons. The minimum atomic E-state index is -1.03. The molecule has 25 heavy (non-hydrogen) atoms. The van der Waals surface area contributed by atoms with E-state index in [2.05, 4.69) is 0 Å². The highest BCUT2D eigenvalue weighted by atomic mass is 32.1. The van der Waals surface area contributed by atoms with Gasteiger partial charge < -0.3 is 9.84 Å². The van der Waals surface area contributed by atoms with E-state index in [0.29, 0.717) is 34.8 Å². The maximum Gasteiger partial charge on any atom is 0.415 e. The van der Waals surface area contributed by atoms with E-state index in [-0.39, 0.29) is 23.7 Å². The Morgan fingerprint density at radius 1 is 1.28 bits per heavy atom. The Morgan fingerprint density at radius 3 is 2.52 bits per heavy atom. The molecule has 1 aromatic heterocycles. The Morgan fingerprint density at radius 2 is 1.96 bits per heavy atom. The van der Waals surface area contributed by atoms with Crippen LogP contribution in [0.5, 0.6) is 0 Å². The average molecular weight is 365 g/mol. The maximum absolute atomic E-state index is 12.5. The monoisotopic (exact) mass is 365 g/mol. The third-order valence-corrected chi connectivity index (χ3v) is 5.56. The van der Waals surface area contributed by atoms with Crippen molar-refractivity contribution in [2.75, 3.05) is 11.4 Å². The molecule has 2 heterocycles. The van der Waals surface area contributed by atoms with Crippen LogP contribution in [0.3, 0.4) is 0 Å². The predicted molar refractivity (Wildman–Crippen MR) is 94.6 cm³/mol. The SMILES string of the molecule is CC(C)(C)OC(=O)N1CCCc2c1sc(CC(=O)C1CC1)c2C(=O)O. The van der Waals surface area contributed by atoms with E-state index < -0.39 is 17.7 Å². The van der Waals surface area contributed by atoms with Crippen LogP contribution in [0.1, 0.15) is 60.8 Å². The molecule has 1 amide bonds. The fourth-order valence-electron chi connectivity index (χ4n) is 3.04. The van der Waals surface area contributed by atoms with Crippen molar-refractivity contribution < 1.29 is 24.2 Å². The molecule has 2 aliphatic rings. The van der Waals surface area contributed by atoms with E-state index in [1.165, 1.54) is 16.2 Å². The molecule has 0 saturated heterocycles. The summed E-state index contributed by atoms with van der Waals surface area (Å²) in [7, 11) is 0. The minimum absolute atomic E-state index is 0.0859. The molecule has 0 unspecified atom stereocenters. The molecule has 1 saturated carbocycles. The summed E-state index contributed by atoms with van der Waals surface area (Å²) in [5, 5.41) is 10.3. The van der Waals surface area contributed by atoms with Crippen molar-refractivity contribution in [3.05, 3.63) is 16.0 Å². The van der Waals surface area contributed by atoms with Crippen molar-refractivity contribution in [2.24, 2.45) is 5.92 Å².